The molecule has 0 spiro atoms. The van der Waals surface area contributed by atoms with Crippen molar-refractivity contribution in [2.24, 2.45) is 0 Å². The van der Waals surface area contributed by atoms with E-state index in [-0.39, 0.29) is 17.2 Å². The van der Waals surface area contributed by atoms with Crippen LogP contribution in [0.25, 0.3) is 0 Å². The van der Waals surface area contributed by atoms with Gasteiger partial charge in [0.2, 0.25) is 0 Å². The Bertz CT molecular complexity index is 414. The Hall–Kier alpha value is -0.233. The number of ether oxygens (including phenoxy) is 2. The zero-order chi connectivity index (χ0) is 19.3. The number of carbonyl (C=O) groups excluding carboxylic acids is 1. The quantitative estimate of drug-likeness (QED) is 0.290. The Morgan fingerprint density at radius 1 is 1.12 bits per heavy atom. The van der Waals surface area contributed by atoms with Crippen LogP contribution < -0.4 is 0 Å². The van der Waals surface area contributed by atoms with Gasteiger partial charge in [0.05, 0.1) is 6.10 Å². The van der Waals surface area contributed by atoms with Crippen LogP contribution in [0, 0.1) is 0 Å². The predicted octanol–water partition coefficient (Wildman–Crippen LogP) is 5.46. The first-order valence-corrected chi connectivity index (χ1v) is 12.8. The molecule has 1 saturated heterocycles. The summed E-state index contributed by atoms with van der Waals surface area (Å²) >= 11 is 0. The highest BCUT2D eigenvalue weighted by Crippen LogP contribution is 2.40. The molecule has 1 aliphatic rings. The maximum absolute atomic E-state index is 11.8. The zero-order valence-electron chi connectivity index (χ0n) is 17.7. The fourth-order valence-electron chi connectivity index (χ4n) is 3.00. The van der Waals surface area contributed by atoms with Crippen LogP contribution >= 0.6 is 0 Å². The van der Waals surface area contributed by atoms with Crippen LogP contribution in [-0.4, -0.2) is 38.7 Å². The van der Waals surface area contributed by atoms with E-state index in [1.165, 1.54) is 25.7 Å². The summed E-state index contributed by atoms with van der Waals surface area (Å²) in [4.78, 5) is 11.8. The van der Waals surface area contributed by atoms with E-state index in [0.29, 0.717) is 0 Å². The highest BCUT2D eigenvalue weighted by Gasteiger charge is 2.48. The molecule has 5 heteroatoms. The van der Waals surface area contributed by atoms with E-state index in [4.69, 9.17) is 13.9 Å². The van der Waals surface area contributed by atoms with Crippen LogP contribution in [0.15, 0.2) is 0 Å². The average Bonchev–Trinajstić information content (AvgIpc) is 2.78. The van der Waals surface area contributed by atoms with Gasteiger partial charge >= 0.3 is 0 Å². The third-order valence-corrected chi connectivity index (χ3v) is 9.98. The number of aldehydes is 1. The fourth-order valence-corrected chi connectivity index (χ4v) is 4.23. The number of unbranched alkanes of at least 4 members (excludes halogenated alkanes) is 4. The summed E-state index contributed by atoms with van der Waals surface area (Å²) in [6.45, 7) is 17.0. The molecule has 1 rings (SSSR count). The number of carbonyl (C=O) groups is 1. The normalized spacial score (nSPS) is 25.1. The minimum atomic E-state index is -2.05. The van der Waals surface area contributed by atoms with Crippen molar-refractivity contribution in [3.05, 3.63) is 0 Å². The SMILES string of the molecule is CCCCCCC[C@H]1OC(C)(C)O[C@@H]1[C@H](C=O)O[Si](C)(C)C(C)(C)C. The monoisotopic (exact) mass is 372 g/mol. The van der Waals surface area contributed by atoms with Gasteiger partial charge in [0.15, 0.2) is 14.1 Å². The molecule has 25 heavy (non-hydrogen) atoms. The highest BCUT2D eigenvalue weighted by atomic mass is 28.4. The third-order valence-electron chi connectivity index (χ3n) is 5.51. The van der Waals surface area contributed by atoms with Gasteiger partial charge in [0, 0.05) is 0 Å². The maximum Gasteiger partial charge on any atom is 0.193 e. The summed E-state index contributed by atoms with van der Waals surface area (Å²) in [5.41, 5.74) is 0. The van der Waals surface area contributed by atoms with Crippen LogP contribution in [0.2, 0.25) is 18.1 Å². The highest BCUT2D eigenvalue weighted by molar-refractivity contribution is 6.74. The topological polar surface area (TPSA) is 44.8 Å². The largest absolute Gasteiger partial charge is 0.404 e. The molecule has 0 saturated carbocycles. The molecule has 0 aromatic heterocycles. The molecule has 1 fully saturated rings. The summed E-state index contributed by atoms with van der Waals surface area (Å²) in [7, 11) is -2.05. The molecule has 1 heterocycles. The van der Waals surface area contributed by atoms with Crippen molar-refractivity contribution in [2.45, 2.75) is 122 Å². The molecule has 0 aliphatic carbocycles. The Morgan fingerprint density at radius 3 is 2.24 bits per heavy atom. The van der Waals surface area contributed by atoms with E-state index < -0.39 is 20.2 Å². The van der Waals surface area contributed by atoms with Gasteiger partial charge in [-0.2, -0.15) is 0 Å². The summed E-state index contributed by atoms with van der Waals surface area (Å²) in [5.74, 6) is -0.656. The number of rotatable bonds is 10. The summed E-state index contributed by atoms with van der Waals surface area (Å²) < 4.78 is 18.6. The predicted molar refractivity (Wildman–Crippen MR) is 105 cm³/mol. The van der Waals surface area contributed by atoms with Crippen molar-refractivity contribution in [1.29, 1.82) is 0 Å². The second-order valence-corrected chi connectivity index (χ2v) is 14.1. The molecule has 0 amide bonds. The van der Waals surface area contributed by atoms with Gasteiger partial charge in [-0.05, 0) is 38.4 Å². The molecule has 0 radical (unpaired) electrons. The first-order chi connectivity index (χ1) is 11.4. The van der Waals surface area contributed by atoms with E-state index in [1.807, 2.05) is 13.8 Å². The van der Waals surface area contributed by atoms with Gasteiger partial charge in [0.25, 0.3) is 0 Å². The standard InChI is InChI=1S/C20H40O4Si/c1-9-10-11-12-13-14-16-18(23-20(5,6)22-16)17(15-21)24-25(7,8)19(2,3)4/h15-18H,9-14H2,1-8H3/t16-,17+,18+/m1/s1. The lowest BCUT2D eigenvalue weighted by atomic mass is 10.0. The van der Waals surface area contributed by atoms with E-state index in [2.05, 4.69) is 40.8 Å². The maximum atomic E-state index is 11.8. The molecule has 0 aromatic rings. The Labute approximate surface area is 156 Å². The minimum absolute atomic E-state index is 0.0545. The third kappa shape index (κ3) is 6.78. The van der Waals surface area contributed by atoms with Crippen LogP contribution in [0.5, 0.6) is 0 Å². The Kier molecular flexibility index (Phi) is 8.31. The first-order valence-electron chi connectivity index (χ1n) is 9.92. The fraction of sp³-hybridized carbons (Fsp3) is 0.950. The second-order valence-electron chi connectivity index (χ2n) is 9.32. The van der Waals surface area contributed by atoms with Crippen LogP contribution in [-0.2, 0) is 18.7 Å². The van der Waals surface area contributed by atoms with Crippen molar-refractivity contribution in [3.8, 4) is 0 Å². The molecule has 0 N–H and O–H groups in total. The Morgan fingerprint density at radius 2 is 1.72 bits per heavy atom. The van der Waals surface area contributed by atoms with Gasteiger partial charge in [0.1, 0.15) is 18.5 Å². The average molecular weight is 373 g/mol. The molecule has 0 bridgehead atoms. The van der Waals surface area contributed by atoms with Crippen LogP contribution in [0.3, 0.4) is 0 Å². The summed E-state index contributed by atoms with van der Waals surface area (Å²) in [5, 5.41) is 0.0545. The summed E-state index contributed by atoms with van der Waals surface area (Å²) in [6.07, 6.45) is 6.99. The molecule has 0 aromatic carbocycles. The zero-order valence-corrected chi connectivity index (χ0v) is 18.7. The van der Waals surface area contributed by atoms with Crippen molar-refractivity contribution < 1.29 is 18.7 Å². The lowest BCUT2D eigenvalue weighted by Gasteiger charge is -2.39. The van der Waals surface area contributed by atoms with E-state index >= 15 is 0 Å². The van der Waals surface area contributed by atoms with Crippen LogP contribution in [0.4, 0.5) is 0 Å². The molecule has 3 atom stereocenters. The van der Waals surface area contributed by atoms with Crippen molar-refractivity contribution in [1.82, 2.24) is 0 Å². The first kappa shape index (κ1) is 22.8. The summed E-state index contributed by atoms with van der Waals surface area (Å²) in [6, 6.07) is 0. The van der Waals surface area contributed by atoms with Gasteiger partial charge in [-0.3, -0.25) is 0 Å². The molecular formula is C20H40O4Si. The van der Waals surface area contributed by atoms with Crippen LogP contribution in [0.1, 0.15) is 80.1 Å². The molecular weight excluding hydrogens is 332 g/mol. The van der Waals surface area contributed by atoms with Gasteiger partial charge < -0.3 is 18.7 Å². The number of hydrogen-bond acceptors (Lipinski definition) is 4. The smallest absolute Gasteiger partial charge is 0.193 e. The second kappa shape index (κ2) is 9.11. The van der Waals surface area contributed by atoms with E-state index in [1.54, 1.807) is 0 Å². The molecule has 4 nitrogen and oxygen atoms in total. The van der Waals surface area contributed by atoms with Crippen molar-refractivity contribution >= 4 is 14.6 Å². The van der Waals surface area contributed by atoms with Crippen molar-refractivity contribution in [3.63, 3.8) is 0 Å². The van der Waals surface area contributed by atoms with E-state index in [0.717, 1.165) is 19.1 Å². The lowest BCUT2D eigenvalue weighted by molar-refractivity contribution is -0.155. The minimum Gasteiger partial charge on any atom is -0.404 e. The van der Waals surface area contributed by atoms with Crippen molar-refractivity contribution in [2.75, 3.05) is 0 Å². The number of hydrogen-bond donors (Lipinski definition) is 0. The van der Waals surface area contributed by atoms with Gasteiger partial charge in [-0.15, -0.1) is 0 Å². The Balaban J connectivity index is 2.76. The lowest BCUT2D eigenvalue weighted by Crippen LogP contribution is -2.50. The molecule has 148 valence electrons. The molecule has 0 unspecified atom stereocenters. The van der Waals surface area contributed by atoms with Gasteiger partial charge in [-0.25, -0.2) is 0 Å². The molecule has 1 aliphatic heterocycles. The van der Waals surface area contributed by atoms with E-state index in [9.17, 15) is 4.79 Å². The van der Waals surface area contributed by atoms with Gasteiger partial charge in [-0.1, -0.05) is 59.8 Å².